The second-order valence-electron chi connectivity index (χ2n) is 4.26. The van der Waals surface area contributed by atoms with Gasteiger partial charge in [-0.1, -0.05) is 12.1 Å². The molecule has 5 nitrogen and oxygen atoms in total. The molecule has 0 aliphatic heterocycles. The highest BCUT2D eigenvalue weighted by Crippen LogP contribution is 2.11. The predicted octanol–water partition coefficient (Wildman–Crippen LogP) is 1.33. The highest BCUT2D eigenvalue weighted by atomic mass is 32.2. The van der Waals surface area contributed by atoms with Crippen LogP contribution in [-0.4, -0.2) is 32.5 Å². The average Bonchev–Trinajstić information content (AvgIpc) is 2.38. The molecule has 0 saturated heterocycles. The number of Topliss-reactive ketones (excluding diaryl/α,β-unsaturated/α-hetero) is 1. The van der Waals surface area contributed by atoms with Crippen LogP contribution in [0.15, 0.2) is 29.2 Å². The summed E-state index contributed by atoms with van der Waals surface area (Å²) in [5.74, 6) is -0.0964. The second kappa shape index (κ2) is 7.37. The summed E-state index contributed by atoms with van der Waals surface area (Å²) in [7, 11) is -3.51. The van der Waals surface area contributed by atoms with Gasteiger partial charge in [0.2, 0.25) is 10.0 Å². The van der Waals surface area contributed by atoms with Gasteiger partial charge in [-0.05, 0) is 38.3 Å². The maximum atomic E-state index is 11.9. The Morgan fingerprint density at radius 2 is 1.79 bits per heavy atom. The summed E-state index contributed by atoms with van der Waals surface area (Å²) < 4.78 is 26.3. The monoisotopic (exact) mass is 285 g/mol. The summed E-state index contributed by atoms with van der Waals surface area (Å²) in [5, 5.41) is 8.61. The molecule has 6 heteroatoms. The van der Waals surface area contributed by atoms with Gasteiger partial charge in [-0.15, -0.1) is 0 Å². The number of nitrogens with one attached hydrogen (secondary N) is 1. The third kappa shape index (κ3) is 5.10. The van der Waals surface area contributed by atoms with E-state index in [2.05, 4.69) is 4.72 Å². The fourth-order valence-electron chi connectivity index (χ4n) is 1.57. The summed E-state index contributed by atoms with van der Waals surface area (Å²) >= 11 is 0. The van der Waals surface area contributed by atoms with Crippen LogP contribution in [0.4, 0.5) is 0 Å². The van der Waals surface area contributed by atoms with Crippen LogP contribution in [0.3, 0.4) is 0 Å². The van der Waals surface area contributed by atoms with Crippen LogP contribution in [0.25, 0.3) is 0 Å². The first-order valence-electron chi connectivity index (χ1n) is 6.19. The van der Waals surface area contributed by atoms with Crippen LogP contribution in [0.2, 0.25) is 0 Å². The summed E-state index contributed by atoms with van der Waals surface area (Å²) in [6.07, 6.45) is 2.14. The number of aliphatic hydroxyl groups is 1. The number of rotatable bonds is 8. The van der Waals surface area contributed by atoms with Crippen molar-refractivity contribution < 1.29 is 18.3 Å². The van der Waals surface area contributed by atoms with Crippen LogP contribution >= 0.6 is 0 Å². The third-order valence-corrected chi connectivity index (χ3v) is 4.18. The number of hydrogen-bond acceptors (Lipinski definition) is 4. The first-order chi connectivity index (χ1) is 8.97. The molecule has 1 aromatic rings. The van der Waals surface area contributed by atoms with Crippen molar-refractivity contribution in [3.63, 3.8) is 0 Å². The topological polar surface area (TPSA) is 83.5 Å². The zero-order valence-corrected chi connectivity index (χ0v) is 11.7. The third-order valence-electron chi connectivity index (χ3n) is 2.70. The van der Waals surface area contributed by atoms with Crippen LogP contribution in [-0.2, 0) is 10.0 Å². The molecule has 0 atom stereocenters. The lowest BCUT2D eigenvalue weighted by Crippen LogP contribution is -2.24. The molecular formula is C13H19NO4S. The molecule has 0 heterocycles. The highest BCUT2D eigenvalue weighted by molar-refractivity contribution is 7.89. The Bertz CT molecular complexity index is 508. The molecule has 0 unspecified atom stereocenters. The Balaban J connectivity index is 2.59. The smallest absolute Gasteiger partial charge is 0.240 e. The first kappa shape index (κ1) is 15.8. The Morgan fingerprint density at radius 3 is 2.32 bits per heavy atom. The molecule has 0 aromatic heterocycles. The number of unbranched alkanes of at least 4 members (excludes halogenated alkanes) is 2. The van der Waals surface area contributed by atoms with E-state index in [1.807, 2.05) is 0 Å². The summed E-state index contributed by atoms with van der Waals surface area (Å²) in [6, 6.07) is 5.85. The number of aliphatic hydroxyl groups excluding tert-OH is 1. The maximum Gasteiger partial charge on any atom is 0.240 e. The first-order valence-corrected chi connectivity index (χ1v) is 7.67. The van der Waals surface area contributed by atoms with E-state index in [4.69, 9.17) is 5.11 Å². The molecule has 106 valence electrons. The zero-order valence-electron chi connectivity index (χ0n) is 10.9. The largest absolute Gasteiger partial charge is 0.396 e. The quantitative estimate of drug-likeness (QED) is 0.557. The van der Waals surface area contributed by atoms with Gasteiger partial charge < -0.3 is 5.11 Å². The zero-order chi connectivity index (χ0) is 14.3. The van der Waals surface area contributed by atoms with Gasteiger partial charge in [-0.3, -0.25) is 4.79 Å². The molecule has 0 aliphatic carbocycles. The van der Waals surface area contributed by atoms with Crippen LogP contribution in [0, 0.1) is 0 Å². The van der Waals surface area contributed by atoms with Crippen molar-refractivity contribution in [2.45, 2.75) is 31.1 Å². The Morgan fingerprint density at radius 1 is 1.16 bits per heavy atom. The van der Waals surface area contributed by atoms with E-state index in [1.54, 1.807) is 0 Å². The molecule has 1 rings (SSSR count). The number of benzene rings is 1. The van der Waals surface area contributed by atoms with Crippen LogP contribution < -0.4 is 4.72 Å². The normalized spacial score (nSPS) is 11.5. The predicted molar refractivity (Wildman–Crippen MR) is 72.6 cm³/mol. The number of hydrogen-bond donors (Lipinski definition) is 2. The minimum absolute atomic E-state index is 0.0964. The minimum Gasteiger partial charge on any atom is -0.396 e. The van der Waals surface area contributed by atoms with E-state index in [1.165, 1.54) is 31.2 Å². The van der Waals surface area contributed by atoms with Gasteiger partial charge in [-0.25, -0.2) is 13.1 Å². The van der Waals surface area contributed by atoms with Crippen molar-refractivity contribution in [2.75, 3.05) is 13.2 Å². The summed E-state index contributed by atoms with van der Waals surface area (Å²) in [4.78, 5) is 11.2. The standard InChI is InChI=1S/C13H19NO4S/c1-11(16)12-5-7-13(8-6-12)19(17,18)14-9-3-2-4-10-15/h5-8,14-15H,2-4,9-10H2,1H3. The maximum absolute atomic E-state index is 11.9. The Hall–Kier alpha value is -1.24. The lowest BCUT2D eigenvalue weighted by atomic mass is 10.2. The lowest BCUT2D eigenvalue weighted by molar-refractivity contribution is 0.101. The van der Waals surface area contributed by atoms with Gasteiger partial charge in [0.15, 0.2) is 5.78 Å². The Labute approximate surface area is 113 Å². The molecule has 19 heavy (non-hydrogen) atoms. The summed E-state index contributed by atoms with van der Waals surface area (Å²) in [6.45, 7) is 1.90. The van der Waals surface area contributed by atoms with Gasteiger partial charge >= 0.3 is 0 Å². The molecule has 0 saturated carbocycles. The molecular weight excluding hydrogens is 266 g/mol. The fourth-order valence-corrected chi connectivity index (χ4v) is 2.65. The van der Waals surface area contributed by atoms with Crippen molar-refractivity contribution in [1.82, 2.24) is 4.72 Å². The molecule has 0 aliphatic rings. The Kier molecular flexibility index (Phi) is 6.14. The van der Waals surface area contributed by atoms with E-state index >= 15 is 0 Å². The highest BCUT2D eigenvalue weighted by Gasteiger charge is 2.13. The van der Waals surface area contributed by atoms with Crippen molar-refractivity contribution >= 4 is 15.8 Å². The summed E-state index contributed by atoms with van der Waals surface area (Å²) in [5.41, 5.74) is 0.488. The second-order valence-corrected chi connectivity index (χ2v) is 6.03. The van der Waals surface area contributed by atoms with Gasteiger partial charge in [0.25, 0.3) is 0 Å². The van der Waals surface area contributed by atoms with E-state index in [-0.39, 0.29) is 17.3 Å². The molecule has 0 amide bonds. The SMILES string of the molecule is CC(=O)c1ccc(S(=O)(=O)NCCCCCO)cc1. The number of sulfonamides is 1. The molecule has 1 aromatic carbocycles. The van der Waals surface area contributed by atoms with E-state index in [9.17, 15) is 13.2 Å². The van der Waals surface area contributed by atoms with Gasteiger partial charge in [-0.2, -0.15) is 0 Å². The molecule has 0 fully saturated rings. The van der Waals surface area contributed by atoms with Crippen LogP contribution in [0.5, 0.6) is 0 Å². The number of carbonyl (C=O) groups excluding carboxylic acids is 1. The average molecular weight is 285 g/mol. The number of ketones is 1. The van der Waals surface area contributed by atoms with Gasteiger partial charge in [0.1, 0.15) is 0 Å². The molecule has 0 spiro atoms. The van der Waals surface area contributed by atoms with Crippen molar-refractivity contribution in [3.05, 3.63) is 29.8 Å². The van der Waals surface area contributed by atoms with E-state index in [0.717, 1.165) is 6.42 Å². The fraction of sp³-hybridized carbons (Fsp3) is 0.462. The lowest BCUT2D eigenvalue weighted by Gasteiger charge is -2.07. The molecule has 0 radical (unpaired) electrons. The molecule has 2 N–H and O–H groups in total. The number of carbonyl (C=O) groups is 1. The van der Waals surface area contributed by atoms with E-state index < -0.39 is 10.0 Å². The van der Waals surface area contributed by atoms with Crippen molar-refractivity contribution in [1.29, 1.82) is 0 Å². The van der Waals surface area contributed by atoms with Crippen molar-refractivity contribution in [3.8, 4) is 0 Å². The minimum atomic E-state index is -3.51. The van der Waals surface area contributed by atoms with Gasteiger partial charge in [0, 0.05) is 18.7 Å². The van der Waals surface area contributed by atoms with Crippen LogP contribution in [0.1, 0.15) is 36.5 Å². The van der Waals surface area contributed by atoms with E-state index in [0.29, 0.717) is 24.9 Å². The molecule has 0 bridgehead atoms. The van der Waals surface area contributed by atoms with Crippen molar-refractivity contribution in [2.24, 2.45) is 0 Å². The van der Waals surface area contributed by atoms with Gasteiger partial charge in [0.05, 0.1) is 4.90 Å².